The first-order valence-corrected chi connectivity index (χ1v) is 8.62. The largest absolute Gasteiger partial charge is 0.508 e. The van der Waals surface area contributed by atoms with Crippen LogP contribution in [0.5, 0.6) is 5.75 Å². The SMILES string of the molecule is C/C(=C(\c1ccc(O)cc1)c1ccc(/C=C/C(=O)O)cc1)c1ccccc1. The van der Waals surface area contributed by atoms with E-state index in [-0.39, 0.29) is 5.75 Å². The maximum Gasteiger partial charge on any atom is 0.328 e. The maximum absolute atomic E-state index is 10.7. The Hall–Kier alpha value is -3.59. The van der Waals surface area contributed by atoms with E-state index < -0.39 is 5.97 Å². The van der Waals surface area contributed by atoms with E-state index in [2.05, 4.69) is 19.1 Å². The number of phenolic OH excluding ortho intramolecular Hbond substituents is 1. The number of allylic oxidation sites excluding steroid dienone is 1. The third-order valence-corrected chi connectivity index (χ3v) is 4.36. The van der Waals surface area contributed by atoms with Gasteiger partial charge in [-0.2, -0.15) is 0 Å². The zero-order valence-electron chi connectivity index (χ0n) is 15.0. The summed E-state index contributed by atoms with van der Waals surface area (Å²) in [5, 5.41) is 18.4. The highest BCUT2D eigenvalue weighted by molar-refractivity contribution is 5.98. The zero-order chi connectivity index (χ0) is 19.2. The fraction of sp³-hybridized carbons (Fsp3) is 0.0417. The molecule has 0 aliphatic heterocycles. The number of aliphatic carboxylic acids is 1. The number of benzene rings is 3. The molecule has 0 unspecified atom stereocenters. The number of aromatic hydroxyl groups is 1. The Morgan fingerprint density at radius 3 is 1.89 bits per heavy atom. The molecule has 0 aromatic heterocycles. The lowest BCUT2D eigenvalue weighted by Crippen LogP contribution is -1.93. The van der Waals surface area contributed by atoms with Crippen LogP contribution in [0.25, 0.3) is 17.2 Å². The molecule has 27 heavy (non-hydrogen) atoms. The van der Waals surface area contributed by atoms with Crippen LogP contribution in [0.4, 0.5) is 0 Å². The monoisotopic (exact) mass is 356 g/mol. The van der Waals surface area contributed by atoms with Gasteiger partial charge >= 0.3 is 5.97 Å². The molecule has 2 N–H and O–H groups in total. The standard InChI is InChI=1S/C24H20O3/c1-17(19-5-3-2-4-6-19)24(21-12-14-22(25)15-13-21)20-10-7-18(8-11-20)9-16-23(26)27/h2-16,25H,1H3,(H,26,27)/b16-9+,24-17+. The fourth-order valence-corrected chi connectivity index (χ4v) is 2.99. The number of rotatable bonds is 5. The van der Waals surface area contributed by atoms with Crippen molar-refractivity contribution in [2.75, 3.05) is 0 Å². The minimum Gasteiger partial charge on any atom is -0.508 e. The van der Waals surface area contributed by atoms with Gasteiger partial charge in [0.15, 0.2) is 0 Å². The van der Waals surface area contributed by atoms with Gasteiger partial charge in [-0.1, -0.05) is 66.7 Å². The Morgan fingerprint density at radius 2 is 1.33 bits per heavy atom. The molecule has 0 saturated carbocycles. The van der Waals surface area contributed by atoms with E-state index in [1.54, 1.807) is 18.2 Å². The van der Waals surface area contributed by atoms with Crippen LogP contribution in [0.2, 0.25) is 0 Å². The lowest BCUT2D eigenvalue weighted by atomic mass is 9.90. The molecule has 0 bridgehead atoms. The molecule has 0 heterocycles. The molecule has 3 rings (SSSR count). The molecule has 0 radical (unpaired) electrons. The van der Waals surface area contributed by atoms with Gasteiger partial charge in [-0.25, -0.2) is 4.79 Å². The summed E-state index contributed by atoms with van der Waals surface area (Å²) in [5.41, 5.74) is 6.15. The summed E-state index contributed by atoms with van der Waals surface area (Å²) in [6.45, 7) is 2.08. The van der Waals surface area contributed by atoms with Crippen molar-refractivity contribution in [1.82, 2.24) is 0 Å². The first-order chi connectivity index (χ1) is 13.0. The van der Waals surface area contributed by atoms with Crippen LogP contribution in [0.1, 0.15) is 29.2 Å². The van der Waals surface area contributed by atoms with E-state index in [0.717, 1.165) is 39.5 Å². The van der Waals surface area contributed by atoms with Gasteiger partial charge in [0.25, 0.3) is 0 Å². The summed E-state index contributed by atoms with van der Waals surface area (Å²) in [5.74, 6) is -0.742. The number of hydrogen-bond donors (Lipinski definition) is 2. The van der Waals surface area contributed by atoms with Gasteiger partial charge in [0.05, 0.1) is 0 Å². The summed E-state index contributed by atoms with van der Waals surface area (Å²) in [6.07, 6.45) is 2.70. The van der Waals surface area contributed by atoms with Crippen LogP contribution in [-0.4, -0.2) is 16.2 Å². The number of carboxylic acid groups (broad SMARTS) is 1. The third-order valence-electron chi connectivity index (χ3n) is 4.36. The van der Waals surface area contributed by atoms with Crippen LogP contribution in [0.3, 0.4) is 0 Å². The van der Waals surface area contributed by atoms with Crippen molar-refractivity contribution in [1.29, 1.82) is 0 Å². The minimum absolute atomic E-state index is 0.226. The van der Waals surface area contributed by atoms with Gasteiger partial charge in [-0.15, -0.1) is 0 Å². The zero-order valence-corrected chi connectivity index (χ0v) is 15.0. The van der Waals surface area contributed by atoms with Crippen molar-refractivity contribution < 1.29 is 15.0 Å². The van der Waals surface area contributed by atoms with E-state index in [9.17, 15) is 9.90 Å². The molecule has 134 valence electrons. The fourth-order valence-electron chi connectivity index (χ4n) is 2.99. The molecule has 0 atom stereocenters. The Bertz CT molecular complexity index is 980. The molecular weight excluding hydrogens is 336 g/mol. The average Bonchev–Trinajstić information content (AvgIpc) is 2.69. The second kappa shape index (κ2) is 8.19. The molecule has 0 aliphatic rings. The van der Waals surface area contributed by atoms with Crippen molar-refractivity contribution in [3.05, 3.63) is 107 Å². The van der Waals surface area contributed by atoms with Gasteiger partial charge in [-0.05, 0) is 58.5 Å². The van der Waals surface area contributed by atoms with E-state index >= 15 is 0 Å². The van der Waals surface area contributed by atoms with Gasteiger partial charge in [-0.3, -0.25) is 0 Å². The van der Waals surface area contributed by atoms with Crippen LogP contribution in [0.15, 0.2) is 84.9 Å². The van der Waals surface area contributed by atoms with E-state index in [1.165, 1.54) is 0 Å². The van der Waals surface area contributed by atoms with E-state index in [4.69, 9.17) is 5.11 Å². The first kappa shape index (κ1) is 18.2. The predicted octanol–water partition coefficient (Wildman–Crippen LogP) is 5.47. The average molecular weight is 356 g/mol. The smallest absolute Gasteiger partial charge is 0.328 e. The highest BCUT2D eigenvalue weighted by atomic mass is 16.4. The minimum atomic E-state index is -0.969. The Balaban J connectivity index is 2.10. The Kier molecular flexibility index (Phi) is 5.53. The molecule has 0 spiro atoms. The lowest BCUT2D eigenvalue weighted by molar-refractivity contribution is -0.131. The van der Waals surface area contributed by atoms with Crippen molar-refractivity contribution in [3.63, 3.8) is 0 Å². The molecule has 0 saturated heterocycles. The van der Waals surface area contributed by atoms with Crippen LogP contribution in [0, 0.1) is 0 Å². The number of carbonyl (C=O) groups is 1. The van der Waals surface area contributed by atoms with Crippen LogP contribution >= 0.6 is 0 Å². The van der Waals surface area contributed by atoms with E-state index in [0.29, 0.717) is 0 Å². The van der Waals surface area contributed by atoms with Gasteiger partial charge in [0.1, 0.15) is 5.75 Å². The second-order valence-electron chi connectivity index (χ2n) is 6.21. The highest BCUT2D eigenvalue weighted by Gasteiger charge is 2.11. The maximum atomic E-state index is 10.7. The quantitative estimate of drug-likeness (QED) is 0.471. The summed E-state index contributed by atoms with van der Waals surface area (Å²) in [7, 11) is 0. The molecule has 3 nitrogen and oxygen atoms in total. The summed E-state index contributed by atoms with van der Waals surface area (Å²) in [4.78, 5) is 10.7. The van der Waals surface area contributed by atoms with Gasteiger partial charge in [0.2, 0.25) is 0 Å². The summed E-state index contributed by atoms with van der Waals surface area (Å²) < 4.78 is 0. The number of hydrogen-bond acceptors (Lipinski definition) is 2. The Morgan fingerprint density at radius 1 is 0.778 bits per heavy atom. The van der Waals surface area contributed by atoms with Crippen molar-refractivity contribution in [2.45, 2.75) is 6.92 Å². The Labute approximate surface area is 158 Å². The molecular formula is C24H20O3. The van der Waals surface area contributed by atoms with Crippen LogP contribution in [-0.2, 0) is 4.79 Å². The van der Waals surface area contributed by atoms with Gasteiger partial charge < -0.3 is 10.2 Å². The molecule has 0 fully saturated rings. The highest BCUT2D eigenvalue weighted by Crippen LogP contribution is 2.33. The van der Waals surface area contributed by atoms with E-state index in [1.807, 2.05) is 54.6 Å². The summed E-state index contributed by atoms with van der Waals surface area (Å²) >= 11 is 0. The molecule has 3 heteroatoms. The predicted molar refractivity (Wildman–Crippen MR) is 109 cm³/mol. The molecule has 0 amide bonds. The topological polar surface area (TPSA) is 57.5 Å². The molecule has 3 aromatic carbocycles. The van der Waals surface area contributed by atoms with Crippen molar-refractivity contribution in [2.24, 2.45) is 0 Å². The third kappa shape index (κ3) is 4.53. The summed E-state index contributed by atoms with van der Waals surface area (Å²) in [6, 6.07) is 25.0. The normalized spacial score (nSPS) is 12.0. The second-order valence-corrected chi connectivity index (χ2v) is 6.21. The number of phenols is 1. The van der Waals surface area contributed by atoms with Crippen molar-refractivity contribution >= 4 is 23.2 Å². The molecule has 0 aliphatic carbocycles. The van der Waals surface area contributed by atoms with Crippen LogP contribution < -0.4 is 0 Å². The molecule has 3 aromatic rings. The number of carboxylic acids is 1. The van der Waals surface area contributed by atoms with Crippen molar-refractivity contribution in [3.8, 4) is 5.75 Å². The first-order valence-electron chi connectivity index (χ1n) is 8.62. The van der Waals surface area contributed by atoms with Gasteiger partial charge in [0, 0.05) is 6.08 Å². The lowest BCUT2D eigenvalue weighted by Gasteiger charge is -2.14.